The van der Waals surface area contributed by atoms with Gasteiger partial charge in [-0.15, -0.1) is 0 Å². The number of Topliss-reactive ketones (excluding diaryl/α,β-unsaturated/α-hetero) is 1. The van der Waals surface area contributed by atoms with E-state index in [9.17, 15) is 4.79 Å². The Labute approximate surface area is 84.7 Å². The second-order valence-corrected chi connectivity index (χ2v) is 4.37. The molecular formula is C12H17NO. The summed E-state index contributed by atoms with van der Waals surface area (Å²) in [4.78, 5) is 15.2. The van der Waals surface area contributed by atoms with Gasteiger partial charge in [-0.1, -0.05) is 6.42 Å². The molecule has 0 unspecified atom stereocenters. The monoisotopic (exact) mass is 191 g/mol. The molecule has 1 aromatic rings. The van der Waals surface area contributed by atoms with E-state index in [4.69, 9.17) is 0 Å². The molecule has 1 fully saturated rings. The highest BCUT2D eigenvalue weighted by Gasteiger charge is 2.28. The van der Waals surface area contributed by atoms with Crippen LogP contribution >= 0.6 is 0 Å². The fraction of sp³-hybridized carbons (Fsp3) is 0.583. The van der Waals surface area contributed by atoms with Gasteiger partial charge in [-0.3, -0.25) is 4.79 Å². The van der Waals surface area contributed by atoms with Gasteiger partial charge in [0.2, 0.25) is 0 Å². The Bertz CT molecular complexity index is 372. The smallest absolute Gasteiger partial charge is 0.182 e. The molecule has 1 aromatic heterocycles. The van der Waals surface area contributed by atoms with Crippen molar-refractivity contribution >= 4 is 5.78 Å². The van der Waals surface area contributed by atoms with Crippen LogP contribution in [0.4, 0.5) is 0 Å². The number of hydrogen-bond donors (Lipinski definition) is 1. The Morgan fingerprint density at radius 1 is 1.21 bits per heavy atom. The van der Waals surface area contributed by atoms with E-state index in [0.717, 1.165) is 29.8 Å². The van der Waals surface area contributed by atoms with Crippen molar-refractivity contribution in [2.75, 3.05) is 0 Å². The van der Waals surface area contributed by atoms with Crippen molar-refractivity contribution in [3.05, 3.63) is 22.5 Å². The third-order valence-electron chi connectivity index (χ3n) is 3.53. The number of H-pyrrole nitrogens is 1. The molecule has 0 bridgehead atoms. The van der Waals surface area contributed by atoms with Crippen LogP contribution in [0, 0.1) is 26.7 Å². The van der Waals surface area contributed by atoms with E-state index in [2.05, 4.69) is 11.9 Å². The van der Waals surface area contributed by atoms with Gasteiger partial charge in [0.05, 0.1) is 5.69 Å². The van der Waals surface area contributed by atoms with E-state index in [-0.39, 0.29) is 0 Å². The molecule has 1 aliphatic carbocycles. The maximum Gasteiger partial charge on any atom is 0.182 e. The minimum Gasteiger partial charge on any atom is -0.356 e. The Morgan fingerprint density at radius 3 is 2.21 bits per heavy atom. The van der Waals surface area contributed by atoms with E-state index >= 15 is 0 Å². The molecule has 1 N–H and O–H groups in total. The second-order valence-electron chi connectivity index (χ2n) is 4.37. The zero-order valence-electron chi connectivity index (χ0n) is 9.11. The Morgan fingerprint density at radius 2 is 1.86 bits per heavy atom. The minimum absolute atomic E-state index is 0.297. The predicted molar refractivity (Wildman–Crippen MR) is 56.7 cm³/mol. The number of nitrogens with one attached hydrogen (secondary N) is 1. The summed E-state index contributed by atoms with van der Waals surface area (Å²) >= 11 is 0. The maximum atomic E-state index is 12.0. The quantitative estimate of drug-likeness (QED) is 0.716. The van der Waals surface area contributed by atoms with Crippen LogP contribution in [-0.2, 0) is 0 Å². The predicted octanol–water partition coefficient (Wildman–Crippen LogP) is 2.92. The highest BCUT2D eigenvalue weighted by atomic mass is 16.1. The zero-order valence-corrected chi connectivity index (χ0v) is 9.11. The number of carbonyl (C=O) groups excluding carboxylic acids is 1. The molecule has 0 atom stereocenters. The summed E-state index contributed by atoms with van der Waals surface area (Å²) in [5.41, 5.74) is 4.35. The van der Waals surface area contributed by atoms with Gasteiger partial charge in [0, 0.05) is 11.6 Å². The molecule has 0 radical (unpaired) electrons. The molecule has 2 heteroatoms. The summed E-state index contributed by atoms with van der Waals surface area (Å²) in [5.74, 6) is 0.621. The van der Waals surface area contributed by atoms with Crippen molar-refractivity contribution in [2.45, 2.75) is 40.0 Å². The molecule has 1 aliphatic rings. The number of carbonyl (C=O) groups is 1. The fourth-order valence-electron chi connectivity index (χ4n) is 1.96. The van der Waals surface area contributed by atoms with Crippen molar-refractivity contribution in [3.63, 3.8) is 0 Å². The first kappa shape index (κ1) is 9.50. The number of rotatable bonds is 2. The normalized spacial score (nSPS) is 16.8. The van der Waals surface area contributed by atoms with Crippen molar-refractivity contribution < 1.29 is 4.79 Å². The van der Waals surface area contributed by atoms with E-state index in [1.807, 2.05) is 13.8 Å². The average Bonchev–Trinajstić information content (AvgIpc) is 2.30. The van der Waals surface area contributed by atoms with Crippen LogP contribution in [-0.4, -0.2) is 10.8 Å². The highest BCUT2D eigenvalue weighted by Crippen LogP contribution is 2.31. The molecule has 76 valence electrons. The summed E-state index contributed by atoms with van der Waals surface area (Å²) in [6.07, 6.45) is 3.37. The SMILES string of the molecule is Cc1[nH]c(C(=O)C2CCC2)c(C)c1C. The van der Waals surface area contributed by atoms with Crippen molar-refractivity contribution in [3.8, 4) is 0 Å². The van der Waals surface area contributed by atoms with Crippen LogP contribution in [0.2, 0.25) is 0 Å². The van der Waals surface area contributed by atoms with E-state index in [0.29, 0.717) is 11.7 Å². The highest BCUT2D eigenvalue weighted by molar-refractivity contribution is 5.98. The molecular weight excluding hydrogens is 174 g/mol. The summed E-state index contributed by atoms with van der Waals surface area (Å²) in [6.45, 7) is 6.13. The number of aromatic nitrogens is 1. The number of aryl methyl sites for hydroxylation is 1. The largest absolute Gasteiger partial charge is 0.356 e. The lowest BCUT2D eigenvalue weighted by Gasteiger charge is -2.23. The van der Waals surface area contributed by atoms with Gasteiger partial charge < -0.3 is 4.98 Å². The third-order valence-corrected chi connectivity index (χ3v) is 3.53. The van der Waals surface area contributed by atoms with E-state index in [1.54, 1.807) is 0 Å². The van der Waals surface area contributed by atoms with Crippen LogP contribution < -0.4 is 0 Å². The molecule has 0 aliphatic heterocycles. The van der Waals surface area contributed by atoms with Crippen LogP contribution in [0.25, 0.3) is 0 Å². The van der Waals surface area contributed by atoms with Gasteiger partial charge in [-0.25, -0.2) is 0 Å². The Kier molecular flexibility index (Phi) is 2.22. The van der Waals surface area contributed by atoms with Gasteiger partial charge in [0.15, 0.2) is 5.78 Å². The summed E-state index contributed by atoms with van der Waals surface area (Å²) in [5, 5.41) is 0. The summed E-state index contributed by atoms with van der Waals surface area (Å²) < 4.78 is 0. The second kappa shape index (κ2) is 3.26. The lowest BCUT2D eigenvalue weighted by molar-refractivity contribution is 0.0849. The van der Waals surface area contributed by atoms with Crippen molar-refractivity contribution in [1.82, 2.24) is 4.98 Å². The van der Waals surface area contributed by atoms with Crippen molar-refractivity contribution in [2.24, 2.45) is 5.92 Å². The van der Waals surface area contributed by atoms with E-state index < -0.39 is 0 Å². The van der Waals surface area contributed by atoms with Crippen LogP contribution in [0.3, 0.4) is 0 Å². The average molecular weight is 191 g/mol. The standard InChI is InChI=1S/C12H17NO/c1-7-8(2)11(13-9(7)3)12(14)10-5-4-6-10/h10,13H,4-6H2,1-3H3. The van der Waals surface area contributed by atoms with Gasteiger partial charge in [-0.2, -0.15) is 0 Å². The summed E-state index contributed by atoms with van der Waals surface area (Å²) in [6, 6.07) is 0. The number of hydrogen-bond acceptors (Lipinski definition) is 1. The molecule has 0 saturated heterocycles. The molecule has 14 heavy (non-hydrogen) atoms. The molecule has 1 heterocycles. The first-order valence-electron chi connectivity index (χ1n) is 5.31. The molecule has 0 aromatic carbocycles. The molecule has 2 rings (SSSR count). The molecule has 1 saturated carbocycles. The molecule has 0 amide bonds. The summed E-state index contributed by atoms with van der Waals surface area (Å²) in [7, 11) is 0. The Balaban J connectivity index is 2.31. The van der Waals surface area contributed by atoms with Crippen molar-refractivity contribution in [1.29, 1.82) is 0 Å². The van der Waals surface area contributed by atoms with Gasteiger partial charge >= 0.3 is 0 Å². The van der Waals surface area contributed by atoms with E-state index in [1.165, 1.54) is 12.0 Å². The topological polar surface area (TPSA) is 32.9 Å². The van der Waals surface area contributed by atoms with Gasteiger partial charge in [0.25, 0.3) is 0 Å². The lowest BCUT2D eigenvalue weighted by atomic mass is 9.80. The Hall–Kier alpha value is -1.05. The number of ketones is 1. The maximum absolute atomic E-state index is 12.0. The third kappa shape index (κ3) is 1.29. The zero-order chi connectivity index (χ0) is 10.3. The van der Waals surface area contributed by atoms with Gasteiger partial charge in [-0.05, 0) is 44.7 Å². The first-order chi connectivity index (χ1) is 6.61. The number of aromatic amines is 1. The van der Waals surface area contributed by atoms with Gasteiger partial charge in [0.1, 0.15) is 0 Å². The molecule has 0 spiro atoms. The first-order valence-corrected chi connectivity index (χ1v) is 5.31. The minimum atomic E-state index is 0.297. The van der Waals surface area contributed by atoms with Crippen LogP contribution in [0.1, 0.15) is 46.6 Å². The fourth-order valence-corrected chi connectivity index (χ4v) is 1.96. The van der Waals surface area contributed by atoms with Crippen LogP contribution in [0.5, 0.6) is 0 Å². The lowest BCUT2D eigenvalue weighted by Crippen LogP contribution is -2.22. The van der Waals surface area contributed by atoms with Crippen LogP contribution in [0.15, 0.2) is 0 Å². The molecule has 2 nitrogen and oxygen atoms in total.